The molecule has 2 heterocycles. The van der Waals surface area contributed by atoms with Crippen LogP contribution >= 0.6 is 0 Å². The van der Waals surface area contributed by atoms with E-state index in [0.717, 1.165) is 25.8 Å². The summed E-state index contributed by atoms with van der Waals surface area (Å²) in [5.41, 5.74) is -0.536. The van der Waals surface area contributed by atoms with Gasteiger partial charge in [0.1, 0.15) is 4.90 Å². The molecule has 1 aliphatic rings. The number of hydrogen-bond acceptors (Lipinski definition) is 5. The molecule has 0 spiro atoms. The Labute approximate surface area is 126 Å². The first-order valence-corrected chi connectivity index (χ1v) is 8.72. The van der Waals surface area contributed by atoms with E-state index in [1.165, 1.54) is 6.20 Å². The van der Waals surface area contributed by atoms with Gasteiger partial charge in [0.05, 0.1) is 18.3 Å². The number of aryl methyl sites for hydroxylation is 1. The number of nitrogens with zero attached hydrogens (tertiary/aromatic N) is 2. The summed E-state index contributed by atoms with van der Waals surface area (Å²) in [6.07, 6.45) is 5.52. The minimum Gasteiger partial charge on any atom is -0.380 e. The summed E-state index contributed by atoms with van der Waals surface area (Å²) in [5, 5.41) is 7.16. The topological polar surface area (TPSA) is 85.2 Å². The third kappa shape index (κ3) is 4.50. The molecule has 0 bridgehead atoms. The maximum absolute atomic E-state index is 12.4. The molecule has 1 aromatic heterocycles. The van der Waals surface area contributed by atoms with Crippen molar-refractivity contribution in [3.63, 3.8) is 0 Å². The fourth-order valence-electron chi connectivity index (χ4n) is 2.42. The molecular formula is C13H24N4O3S. The zero-order valence-corrected chi connectivity index (χ0v) is 13.4. The zero-order valence-electron chi connectivity index (χ0n) is 12.6. The SMILES string of the molecule is CNCCCn1cc(S(=O)(=O)NC2(C)CCCOC2)cn1. The van der Waals surface area contributed by atoms with Gasteiger partial charge < -0.3 is 10.1 Å². The van der Waals surface area contributed by atoms with Gasteiger partial charge in [-0.25, -0.2) is 13.1 Å². The molecule has 0 aliphatic carbocycles. The molecule has 8 heteroatoms. The van der Waals surface area contributed by atoms with E-state index >= 15 is 0 Å². The highest BCUT2D eigenvalue weighted by Gasteiger charge is 2.33. The number of ether oxygens (including phenoxy) is 1. The van der Waals surface area contributed by atoms with E-state index in [2.05, 4.69) is 15.1 Å². The minimum atomic E-state index is -3.56. The van der Waals surface area contributed by atoms with Crippen molar-refractivity contribution in [3.05, 3.63) is 12.4 Å². The van der Waals surface area contributed by atoms with Gasteiger partial charge in [-0.15, -0.1) is 0 Å². The van der Waals surface area contributed by atoms with Crippen molar-refractivity contribution >= 4 is 10.0 Å². The Morgan fingerprint density at radius 3 is 3.00 bits per heavy atom. The summed E-state index contributed by atoms with van der Waals surface area (Å²) in [5.74, 6) is 0. The second kappa shape index (κ2) is 6.87. The van der Waals surface area contributed by atoms with Crippen LogP contribution in [0.2, 0.25) is 0 Å². The summed E-state index contributed by atoms with van der Waals surface area (Å²) in [4.78, 5) is 0.207. The maximum Gasteiger partial charge on any atom is 0.244 e. The number of rotatable bonds is 7. The van der Waals surface area contributed by atoms with Crippen LogP contribution in [0, 0.1) is 0 Å². The van der Waals surface area contributed by atoms with E-state index in [-0.39, 0.29) is 4.90 Å². The zero-order chi connectivity index (χ0) is 15.3. The average Bonchev–Trinajstić information content (AvgIpc) is 2.88. The summed E-state index contributed by atoms with van der Waals surface area (Å²) in [6, 6.07) is 0. The fraction of sp³-hybridized carbons (Fsp3) is 0.769. The lowest BCUT2D eigenvalue weighted by molar-refractivity contribution is 0.0386. The van der Waals surface area contributed by atoms with Crippen LogP contribution in [-0.2, 0) is 21.3 Å². The van der Waals surface area contributed by atoms with Gasteiger partial charge in [-0.2, -0.15) is 5.10 Å². The van der Waals surface area contributed by atoms with Crippen LogP contribution in [-0.4, -0.2) is 50.5 Å². The molecule has 0 aromatic carbocycles. The van der Waals surface area contributed by atoms with Gasteiger partial charge in [0.25, 0.3) is 0 Å². The predicted octanol–water partition coefficient (Wildman–Crippen LogP) is 0.340. The molecule has 1 fully saturated rings. The fourth-order valence-corrected chi connectivity index (χ4v) is 3.80. The normalized spacial score (nSPS) is 23.3. The predicted molar refractivity (Wildman–Crippen MR) is 79.6 cm³/mol. The first kappa shape index (κ1) is 16.4. The maximum atomic E-state index is 12.4. The second-order valence-corrected chi connectivity index (χ2v) is 7.40. The molecule has 21 heavy (non-hydrogen) atoms. The van der Waals surface area contributed by atoms with E-state index in [1.807, 2.05) is 14.0 Å². The highest BCUT2D eigenvalue weighted by molar-refractivity contribution is 7.89. The smallest absolute Gasteiger partial charge is 0.244 e. The number of sulfonamides is 1. The summed E-state index contributed by atoms with van der Waals surface area (Å²) in [6.45, 7) is 4.54. The Kier molecular flexibility index (Phi) is 5.37. The molecule has 0 radical (unpaired) electrons. The molecule has 1 aliphatic heterocycles. The first-order chi connectivity index (χ1) is 9.95. The lowest BCUT2D eigenvalue weighted by Gasteiger charge is -2.33. The molecule has 2 rings (SSSR count). The van der Waals surface area contributed by atoms with Gasteiger partial charge >= 0.3 is 0 Å². The van der Waals surface area contributed by atoms with E-state index < -0.39 is 15.6 Å². The van der Waals surface area contributed by atoms with E-state index in [9.17, 15) is 8.42 Å². The first-order valence-electron chi connectivity index (χ1n) is 7.24. The third-order valence-corrected chi connectivity index (χ3v) is 5.15. The van der Waals surface area contributed by atoms with Gasteiger partial charge in [0.15, 0.2) is 0 Å². The Hall–Kier alpha value is -0.960. The minimum absolute atomic E-state index is 0.207. The van der Waals surface area contributed by atoms with Crippen molar-refractivity contribution in [1.82, 2.24) is 19.8 Å². The third-order valence-electron chi connectivity index (χ3n) is 3.55. The van der Waals surface area contributed by atoms with Crippen molar-refractivity contribution < 1.29 is 13.2 Å². The number of hydrogen-bond donors (Lipinski definition) is 2. The van der Waals surface area contributed by atoms with Crippen LogP contribution in [0.25, 0.3) is 0 Å². The van der Waals surface area contributed by atoms with Crippen LogP contribution in [0.3, 0.4) is 0 Å². The number of aromatic nitrogens is 2. The average molecular weight is 316 g/mol. The largest absolute Gasteiger partial charge is 0.380 e. The highest BCUT2D eigenvalue weighted by Crippen LogP contribution is 2.21. The van der Waals surface area contributed by atoms with Crippen molar-refractivity contribution in [2.24, 2.45) is 0 Å². The Morgan fingerprint density at radius 1 is 1.52 bits per heavy atom. The lowest BCUT2D eigenvalue weighted by atomic mass is 9.97. The molecule has 1 unspecified atom stereocenters. The molecule has 1 aromatic rings. The molecule has 120 valence electrons. The summed E-state index contributed by atoms with van der Waals surface area (Å²) in [7, 11) is -1.67. The summed E-state index contributed by atoms with van der Waals surface area (Å²) >= 11 is 0. The molecule has 1 atom stereocenters. The molecule has 0 saturated carbocycles. The van der Waals surface area contributed by atoms with Crippen LogP contribution in [0.5, 0.6) is 0 Å². The highest BCUT2D eigenvalue weighted by atomic mass is 32.2. The Morgan fingerprint density at radius 2 is 2.33 bits per heavy atom. The van der Waals surface area contributed by atoms with Crippen molar-refractivity contribution in [1.29, 1.82) is 0 Å². The second-order valence-electron chi connectivity index (χ2n) is 5.72. The van der Waals surface area contributed by atoms with Crippen molar-refractivity contribution in [2.75, 3.05) is 26.8 Å². The molecule has 1 saturated heterocycles. The number of nitrogens with one attached hydrogen (secondary N) is 2. The molecule has 7 nitrogen and oxygen atoms in total. The van der Waals surface area contributed by atoms with Crippen LogP contribution in [0.1, 0.15) is 26.2 Å². The lowest BCUT2D eigenvalue weighted by Crippen LogP contribution is -2.51. The van der Waals surface area contributed by atoms with Gasteiger partial charge in [0, 0.05) is 19.3 Å². The van der Waals surface area contributed by atoms with Crippen LogP contribution in [0.15, 0.2) is 17.3 Å². The van der Waals surface area contributed by atoms with Gasteiger partial charge in [0.2, 0.25) is 10.0 Å². The Bertz CT molecular complexity index is 550. The molecular weight excluding hydrogens is 292 g/mol. The van der Waals surface area contributed by atoms with E-state index in [1.54, 1.807) is 10.9 Å². The van der Waals surface area contributed by atoms with E-state index in [0.29, 0.717) is 19.8 Å². The monoisotopic (exact) mass is 316 g/mol. The standard InChI is InChI=1S/C13H24N4O3S/c1-13(5-3-8-20-11-13)16-21(18,19)12-9-15-17(10-12)7-4-6-14-2/h9-10,14,16H,3-8,11H2,1-2H3. The van der Waals surface area contributed by atoms with Gasteiger partial charge in [-0.3, -0.25) is 4.68 Å². The van der Waals surface area contributed by atoms with Crippen molar-refractivity contribution in [3.8, 4) is 0 Å². The quantitative estimate of drug-likeness (QED) is 0.709. The molecule has 2 N–H and O–H groups in total. The Balaban J connectivity index is 2.02. The van der Waals surface area contributed by atoms with E-state index in [4.69, 9.17) is 4.74 Å². The van der Waals surface area contributed by atoms with Crippen molar-refractivity contribution in [2.45, 2.75) is 43.2 Å². The van der Waals surface area contributed by atoms with Crippen LogP contribution < -0.4 is 10.0 Å². The van der Waals surface area contributed by atoms with Crippen LogP contribution in [0.4, 0.5) is 0 Å². The molecule has 0 amide bonds. The van der Waals surface area contributed by atoms with Gasteiger partial charge in [-0.1, -0.05) is 0 Å². The van der Waals surface area contributed by atoms with Gasteiger partial charge in [-0.05, 0) is 39.8 Å². The summed E-state index contributed by atoms with van der Waals surface area (Å²) < 4.78 is 34.6.